The van der Waals surface area contributed by atoms with Crippen molar-refractivity contribution in [1.82, 2.24) is 0 Å². The Balaban J connectivity index is 4.91. The van der Waals surface area contributed by atoms with Crippen LogP contribution in [0.5, 0.6) is 0 Å². The van der Waals surface area contributed by atoms with Crippen LogP contribution in [-0.2, 0) is 0 Å². The van der Waals surface area contributed by atoms with E-state index < -0.39 is 0 Å². The van der Waals surface area contributed by atoms with Crippen molar-refractivity contribution in [2.24, 2.45) is 27.6 Å². The highest BCUT2D eigenvalue weighted by molar-refractivity contribution is 5.00. The largest absolute Gasteiger partial charge is 0.198 e. The van der Waals surface area contributed by atoms with Crippen molar-refractivity contribution >= 4 is 0 Å². The molecule has 128 valence electrons. The zero-order valence-corrected chi connectivity index (χ0v) is 16.8. The molecule has 0 aromatic carbocycles. The minimum Gasteiger partial charge on any atom is -0.198 e. The molecule has 0 rings (SSSR count). The van der Waals surface area contributed by atoms with Gasteiger partial charge in [0.2, 0.25) is 0 Å². The maximum atomic E-state index is 9.53. The molecule has 0 fully saturated rings. The van der Waals surface area contributed by atoms with Crippen LogP contribution >= 0.6 is 0 Å². The monoisotopic (exact) mass is 305 g/mol. The highest BCUT2D eigenvalue weighted by atomic mass is 14.5. The van der Waals surface area contributed by atoms with Crippen LogP contribution in [0.2, 0.25) is 0 Å². The number of hydrogen-bond donors (Lipinski definition) is 0. The fourth-order valence-electron chi connectivity index (χ4n) is 2.42. The molecule has 0 bridgehead atoms. The minimum atomic E-state index is 0.0458. The smallest absolute Gasteiger partial charge is 0.0661 e. The Bertz CT molecular complexity index is 405. The maximum Gasteiger partial charge on any atom is 0.0661 e. The van der Waals surface area contributed by atoms with Gasteiger partial charge in [0.25, 0.3) is 0 Å². The summed E-state index contributed by atoms with van der Waals surface area (Å²) < 4.78 is 0. The molecule has 0 aliphatic carbocycles. The summed E-state index contributed by atoms with van der Waals surface area (Å²) in [5.74, 6) is 0.0975. The fraction of sp³-hybridized carbons (Fsp3) is 0.857. The molecule has 0 aliphatic rings. The molecule has 1 unspecified atom stereocenters. The first-order chi connectivity index (χ1) is 9.62. The van der Waals surface area contributed by atoms with Crippen LogP contribution in [-0.4, -0.2) is 0 Å². The van der Waals surface area contributed by atoms with Crippen LogP contribution in [0.3, 0.4) is 0 Å². The summed E-state index contributed by atoms with van der Waals surface area (Å²) in [6.45, 7) is 22.7. The first kappa shape index (κ1) is 21.2. The quantitative estimate of drug-likeness (QED) is 0.485. The lowest BCUT2D eigenvalue weighted by atomic mass is 9.60. The van der Waals surface area contributed by atoms with Crippen LogP contribution in [0.25, 0.3) is 0 Å². The van der Waals surface area contributed by atoms with Crippen molar-refractivity contribution in [1.29, 1.82) is 5.26 Å². The van der Waals surface area contributed by atoms with Gasteiger partial charge in [-0.3, -0.25) is 0 Å². The molecule has 0 radical (unpaired) electrons. The van der Waals surface area contributed by atoms with Crippen LogP contribution in [0.15, 0.2) is 12.2 Å². The van der Waals surface area contributed by atoms with E-state index in [0.29, 0.717) is 5.41 Å². The maximum absolute atomic E-state index is 9.53. The van der Waals surface area contributed by atoms with Gasteiger partial charge in [-0.2, -0.15) is 5.26 Å². The average molecular weight is 306 g/mol. The predicted molar refractivity (Wildman–Crippen MR) is 98.6 cm³/mol. The lowest BCUT2D eigenvalue weighted by molar-refractivity contribution is 0.0666. The zero-order chi connectivity index (χ0) is 17.8. The number of allylic oxidation sites excluding steroid dienone is 2. The molecule has 22 heavy (non-hydrogen) atoms. The average Bonchev–Trinajstić information content (AvgIpc) is 2.29. The molecule has 1 atom stereocenters. The number of hydrogen-bond acceptors (Lipinski definition) is 1. The molecule has 0 N–H and O–H groups in total. The molecular weight excluding hydrogens is 266 g/mol. The molecule has 0 saturated heterocycles. The molecule has 0 aliphatic heterocycles. The summed E-state index contributed by atoms with van der Waals surface area (Å²) in [6.07, 6.45) is 7.80. The van der Waals surface area contributed by atoms with Crippen molar-refractivity contribution in [3.63, 3.8) is 0 Å². The van der Waals surface area contributed by atoms with Crippen molar-refractivity contribution in [3.8, 4) is 6.07 Å². The second-order valence-electron chi connectivity index (χ2n) is 10.5. The van der Waals surface area contributed by atoms with Crippen molar-refractivity contribution in [3.05, 3.63) is 12.2 Å². The third-order valence-electron chi connectivity index (χ3n) is 5.27. The van der Waals surface area contributed by atoms with E-state index in [1.54, 1.807) is 0 Å². The second kappa shape index (κ2) is 7.20. The summed E-state index contributed by atoms with van der Waals surface area (Å²) in [5.41, 5.74) is 0.715. The van der Waals surface area contributed by atoms with Gasteiger partial charge in [0.15, 0.2) is 0 Å². The van der Waals surface area contributed by atoms with Gasteiger partial charge in [0.05, 0.1) is 12.0 Å². The van der Waals surface area contributed by atoms with Crippen LogP contribution in [0, 0.1) is 38.9 Å². The van der Waals surface area contributed by atoms with Crippen LogP contribution in [0.1, 0.15) is 88.5 Å². The standard InChI is InChI=1S/C21H39N/c1-18(2,3)13-11-12-14-20(7,8)21(9,10)15-17(16-22)19(4,5)6/h11-12,17H,13-15H2,1-10H3/b12-11-. The van der Waals surface area contributed by atoms with E-state index in [9.17, 15) is 5.26 Å². The molecule has 0 heterocycles. The lowest BCUT2D eigenvalue weighted by Gasteiger charge is -2.44. The van der Waals surface area contributed by atoms with E-state index in [0.717, 1.165) is 19.3 Å². The molecule has 1 heteroatoms. The normalized spacial score (nSPS) is 15.9. The number of nitrogens with zero attached hydrogens (tertiary/aromatic N) is 1. The Morgan fingerprint density at radius 1 is 0.773 bits per heavy atom. The van der Waals surface area contributed by atoms with Crippen molar-refractivity contribution in [2.75, 3.05) is 0 Å². The molecular formula is C21H39N. The van der Waals surface area contributed by atoms with Gasteiger partial charge in [-0.15, -0.1) is 0 Å². The van der Waals surface area contributed by atoms with E-state index in [1.807, 2.05) is 0 Å². The third kappa shape index (κ3) is 6.99. The summed E-state index contributed by atoms with van der Waals surface area (Å²) >= 11 is 0. The first-order valence-electron chi connectivity index (χ1n) is 8.67. The summed E-state index contributed by atoms with van der Waals surface area (Å²) in [6, 6.07) is 2.54. The Hall–Kier alpha value is -0.770. The predicted octanol–water partition coefficient (Wildman–Crippen LogP) is 7.00. The zero-order valence-electron chi connectivity index (χ0n) is 16.8. The van der Waals surface area contributed by atoms with E-state index in [1.165, 1.54) is 0 Å². The minimum absolute atomic E-state index is 0.0458. The van der Waals surface area contributed by atoms with Gasteiger partial charge >= 0.3 is 0 Å². The van der Waals surface area contributed by atoms with Crippen molar-refractivity contribution in [2.45, 2.75) is 88.5 Å². The van der Waals surface area contributed by atoms with Gasteiger partial charge in [-0.1, -0.05) is 81.4 Å². The van der Waals surface area contributed by atoms with Gasteiger partial charge in [-0.05, 0) is 40.9 Å². The number of nitriles is 1. The summed E-state index contributed by atoms with van der Waals surface area (Å²) in [7, 11) is 0. The molecule has 1 nitrogen and oxygen atoms in total. The van der Waals surface area contributed by atoms with E-state index in [-0.39, 0.29) is 22.2 Å². The van der Waals surface area contributed by atoms with E-state index in [4.69, 9.17) is 0 Å². The highest BCUT2D eigenvalue weighted by Crippen LogP contribution is 2.48. The fourth-order valence-corrected chi connectivity index (χ4v) is 2.42. The second-order valence-corrected chi connectivity index (χ2v) is 10.5. The Morgan fingerprint density at radius 3 is 1.59 bits per heavy atom. The topological polar surface area (TPSA) is 23.8 Å². The van der Waals surface area contributed by atoms with Gasteiger partial charge < -0.3 is 0 Å². The first-order valence-corrected chi connectivity index (χ1v) is 8.67. The lowest BCUT2D eigenvalue weighted by Crippen LogP contribution is -2.36. The molecule has 0 spiro atoms. The molecule has 0 aromatic rings. The molecule has 0 amide bonds. The Labute approximate surface area is 140 Å². The van der Waals surface area contributed by atoms with Gasteiger partial charge in [0, 0.05) is 0 Å². The Kier molecular flexibility index (Phi) is 6.95. The van der Waals surface area contributed by atoms with E-state index >= 15 is 0 Å². The van der Waals surface area contributed by atoms with Gasteiger partial charge in [-0.25, -0.2) is 0 Å². The summed E-state index contributed by atoms with van der Waals surface area (Å²) in [4.78, 5) is 0. The molecule has 0 aromatic heterocycles. The SMILES string of the molecule is CC(C)(C)C/C=C\CC(C)(C)C(C)(C)CC(C#N)C(C)(C)C. The van der Waals surface area contributed by atoms with E-state index in [2.05, 4.69) is 87.5 Å². The molecule has 0 saturated carbocycles. The Morgan fingerprint density at radius 2 is 1.23 bits per heavy atom. The number of rotatable bonds is 6. The summed E-state index contributed by atoms with van der Waals surface area (Å²) in [5, 5.41) is 9.53. The van der Waals surface area contributed by atoms with Gasteiger partial charge in [0.1, 0.15) is 0 Å². The highest BCUT2D eigenvalue weighted by Gasteiger charge is 2.40. The van der Waals surface area contributed by atoms with Crippen LogP contribution < -0.4 is 0 Å². The third-order valence-corrected chi connectivity index (χ3v) is 5.27. The van der Waals surface area contributed by atoms with Crippen LogP contribution in [0.4, 0.5) is 0 Å². The van der Waals surface area contributed by atoms with Crippen molar-refractivity contribution < 1.29 is 0 Å².